The van der Waals surface area contributed by atoms with Gasteiger partial charge < -0.3 is 5.32 Å². The van der Waals surface area contributed by atoms with Crippen LogP contribution in [-0.2, 0) is 0 Å². The Morgan fingerprint density at radius 3 is 2.60 bits per heavy atom. The van der Waals surface area contributed by atoms with Gasteiger partial charge >= 0.3 is 0 Å². The van der Waals surface area contributed by atoms with E-state index in [1.807, 2.05) is 17.5 Å². The summed E-state index contributed by atoms with van der Waals surface area (Å²) in [6.45, 7) is 6.20. The monoisotopic (exact) mass is 345 g/mol. The maximum Gasteiger partial charge on any atom is 0.136 e. The molecule has 1 heterocycles. The standard InChI is InChI=1S/C21H19N3S/c1-14-7-9-17(10-8-14)20-13-25-21(24-20)18(11-22)12-23-19-6-4-5-15(2)16(19)3/h4-10,12-13,23H,1-3H3/b18-12+. The highest BCUT2D eigenvalue weighted by atomic mass is 32.1. The first kappa shape index (κ1) is 16.9. The fourth-order valence-corrected chi connectivity index (χ4v) is 3.25. The van der Waals surface area contributed by atoms with Crippen molar-refractivity contribution in [3.8, 4) is 17.3 Å². The molecule has 0 spiro atoms. The van der Waals surface area contributed by atoms with Gasteiger partial charge in [-0.3, -0.25) is 0 Å². The van der Waals surface area contributed by atoms with Crippen LogP contribution in [0, 0.1) is 32.1 Å². The van der Waals surface area contributed by atoms with Crippen LogP contribution in [0.25, 0.3) is 16.8 Å². The molecule has 3 rings (SSSR count). The molecular formula is C21H19N3S. The number of allylic oxidation sites excluding steroid dienone is 1. The van der Waals surface area contributed by atoms with Crippen molar-refractivity contribution >= 4 is 22.6 Å². The highest BCUT2D eigenvalue weighted by molar-refractivity contribution is 7.11. The molecule has 0 bridgehead atoms. The predicted octanol–water partition coefficient (Wildman–Crippen LogP) is 5.71. The predicted molar refractivity (Wildman–Crippen MR) is 105 cm³/mol. The second kappa shape index (κ2) is 7.33. The Morgan fingerprint density at radius 2 is 1.88 bits per heavy atom. The largest absolute Gasteiger partial charge is 0.360 e. The lowest BCUT2D eigenvalue weighted by atomic mass is 10.1. The molecule has 0 aliphatic carbocycles. The van der Waals surface area contributed by atoms with E-state index in [4.69, 9.17) is 0 Å². The Labute approximate surface area is 152 Å². The second-order valence-corrected chi connectivity index (χ2v) is 6.82. The number of anilines is 1. The van der Waals surface area contributed by atoms with E-state index in [9.17, 15) is 5.26 Å². The molecule has 0 unspecified atom stereocenters. The Kier molecular flexibility index (Phi) is 4.97. The lowest BCUT2D eigenvalue weighted by Gasteiger charge is -2.08. The van der Waals surface area contributed by atoms with Crippen molar-refractivity contribution in [2.75, 3.05) is 5.32 Å². The number of benzene rings is 2. The van der Waals surface area contributed by atoms with Gasteiger partial charge in [-0.25, -0.2) is 4.98 Å². The number of nitrogens with zero attached hydrogens (tertiary/aromatic N) is 2. The van der Waals surface area contributed by atoms with Crippen LogP contribution in [0.15, 0.2) is 54.0 Å². The number of hydrogen-bond donors (Lipinski definition) is 1. The topological polar surface area (TPSA) is 48.7 Å². The molecule has 3 aromatic rings. The average molecular weight is 345 g/mol. The lowest BCUT2D eigenvalue weighted by molar-refractivity contribution is 1.33. The molecule has 0 radical (unpaired) electrons. The molecule has 1 N–H and O–H groups in total. The summed E-state index contributed by atoms with van der Waals surface area (Å²) in [5.41, 5.74) is 7.10. The Balaban J connectivity index is 1.85. The van der Waals surface area contributed by atoms with Gasteiger partial charge in [-0.15, -0.1) is 11.3 Å². The molecule has 3 nitrogen and oxygen atoms in total. The normalized spacial score (nSPS) is 11.2. The number of thiazole rings is 1. The van der Waals surface area contributed by atoms with Gasteiger partial charge in [0, 0.05) is 22.8 Å². The molecular weight excluding hydrogens is 326 g/mol. The van der Waals surface area contributed by atoms with Gasteiger partial charge in [0.15, 0.2) is 0 Å². The van der Waals surface area contributed by atoms with E-state index >= 15 is 0 Å². The maximum atomic E-state index is 9.51. The minimum absolute atomic E-state index is 0.532. The van der Waals surface area contributed by atoms with Crippen LogP contribution in [0.2, 0.25) is 0 Å². The van der Waals surface area contributed by atoms with Gasteiger partial charge in [0.25, 0.3) is 0 Å². The molecule has 0 aliphatic heterocycles. The van der Waals surface area contributed by atoms with Crippen LogP contribution in [-0.4, -0.2) is 4.98 Å². The van der Waals surface area contributed by atoms with E-state index in [-0.39, 0.29) is 0 Å². The van der Waals surface area contributed by atoms with E-state index in [1.165, 1.54) is 28.0 Å². The van der Waals surface area contributed by atoms with Gasteiger partial charge in [0.1, 0.15) is 16.6 Å². The average Bonchev–Trinajstić information content (AvgIpc) is 3.09. The van der Waals surface area contributed by atoms with Crippen LogP contribution in [0.1, 0.15) is 21.7 Å². The zero-order chi connectivity index (χ0) is 17.8. The van der Waals surface area contributed by atoms with Crippen molar-refractivity contribution in [3.05, 3.63) is 75.7 Å². The molecule has 25 heavy (non-hydrogen) atoms. The molecule has 1 aromatic heterocycles. The van der Waals surface area contributed by atoms with Crippen LogP contribution < -0.4 is 5.32 Å². The van der Waals surface area contributed by atoms with E-state index in [1.54, 1.807) is 6.20 Å². The number of nitrogens with one attached hydrogen (secondary N) is 1. The van der Waals surface area contributed by atoms with Gasteiger partial charge in [-0.2, -0.15) is 5.26 Å². The highest BCUT2D eigenvalue weighted by Gasteiger charge is 2.09. The van der Waals surface area contributed by atoms with Crippen molar-refractivity contribution in [1.82, 2.24) is 4.98 Å². The molecule has 0 aliphatic rings. The first-order chi connectivity index (χ1) is 12.1. The molecule has 0 saturated carbocycles. The van der Waals surface area contributed by atoms with Crippen molar-refractivity contribution in [2.24, 2.45) is 0 Å². The number of aromatic nitrogens is 1. The summed E-state index contributed by atoms with van der Waals surface area (Å²) in [5.74, 6) is 0. The quantitative estimate of drug-likeness (QED) is 0.616. The minimum atomic E-state index is 0.532. The van der Waals surface area contributed by atoms with Crippen molar-refractivity contribution < 1.29 is 0 Å². The van der Waals surface area contributed by atoms with E-state index in [0.717, 1.165) is 22.0 Å². The molecule has 2 aromatic carbocycles. The molecule has 124 valence electrons. The summed E-state index contributed by atoms with van der Waals surface area (Å²) in [7, 11) is 0. The van der Waals surface area contributed by atoms with E-state index in [2.05, 4.69) is 67.5 Å². The van der Waals surface area contributed by atoms with E-state index < -0.39 is 0 Å². The van der Waals surface area contributed by atoms with Gasteiger partial charge in [0.2, 0.25) is 0 Å². The third kappa shape index (κ3) is 3.78. The Morgan fingerprint density at radius 1 is 1.12 bits per heavy atom. The fourth-order valence-electron chi connectivity index (χ4n) is 2.45. The summed E-state index contributed by atoms with van der Waals surface area (Å²) in [5, 5.41) is 15.5. The van der Waals surface area contributed by atoms with Gasteiger partial charge in [-0.05, 0) is 38.0 Å². The molecule has 0 amide bonds. The third-order valence-corrected chi connectivity index (χ3v) is 5.05. The van der Waals surface area contributed by atoms with Gasteiger partial charge in [-0.1, -0.05) is 42.0 Å². The minimum Gasteiger partial charge on any atom is -0.360 e. The SMILES string of the molecule is Cc1ccc(-c2csc(/C(C#N)=C/Nc3cccc(C)c3C)n2)cc1. The lowest BCUT2D eigenvalue weighted by Crippen LogP contribution is -1.95. The van der Waals surface area contributed by atoms with Crippen LogP contribution >= 0.6 is 11.3 Å². The van der Waals surface area contributed by atoms with Crippen LogP contribution in [0.4, 0.5) is 5.69 Å². The Hall–Kier alpha value is -2.90. The third-order valence-electron chi connectivity index (χ3n) is 4.18. The summed E-state index contributed by atoms with van der Waals surface area (Å²) in [6.07, 6.45) is 1.74. The van der Waals surface area contributed by atoms with Gasteiger partial charge in [0.05, 0.1) is 5.69 Å². The smallest absolute Gasteiger partial charge is 0.136 e. The molecule has 0 saturated heterocycles. The highest BCUT2D eigenvalue weighted by Crippen LogP contribution is 2.27. The summed E-state index contributed by atoms with van der Waals surface area (Å²) >= 11 is 1.48. The number of rotatable bonds is 4. The van der Waals surface area contributed by atoms with E-state index in [0.29, 0.717) is 5.57 Å². The van der Waals surface area contributed by atoms with Crippen molar-refractivity contribution in [3.63, 3.8) is 0 Å². The summed E-state index contributed by atoms with van der Waals surface area (Å²) in [4.78, 5) is 4.62. The number of aryl methyl sites for hydroxylation is 2. The molecule has 0 fully saturated rings. The van der Waals surface area contributed by atoms with Crippen molar-refractivity contribution in [1.29, 1.82) is 5.26 Å². The van der Waals surface area contributed by atoms with Crippen LogP contribution in [0.3, 0.4) is 0 Å². The zero-order valence-corrected chi connectivity index (χ0v) is 15.3. The maximum absolute atomic E-state index is 9.51. The molecule has 0 atom stereocenters. The summed E-state index contributed by atoms with van der Waals surface area (Å²) < 4.78 is 0. The Bertz CT molecular complexity index is 960. The first-order valence-electron chi connectivity index (χ1n) is 8.04. The fraction of sp³-hybridized carbons (Fsp3) is 0.143. The zero-order valence-electron chi connectivity index (χ0n) is 14.5. The van der Waals surface area contributed by atoms with Crippen molar-refractivity contribution in [2.45, 2.75) is 20.8 Å². The second-order valence-electron chi connectivity index (χ2n) is 5.97. The number of nitriles is 1. The summed E-state index contributed by atoms with van der Waals surface area (Å²) in [6, 6.07) is 16.6. The number of hydrogen-bond acceptors (Lipinski definition) is 4. The first-order valence-corrected chi connectivity index (χ1v) is 8.92. The molecule has 4 heteroatoms. The van der Waals surface area contributed by atoms with Crippen LogP contribution in [0.5, 0.6) is 0 Å².